The Balaban J connectivity index is 2.88. The van der Waals surface area contributed by atoms with E-state index in [9.17, 15) is 0 Å². The van der Waals surface area contributed by atoms with E-state index in [1.54, 1.807) is 12.4 Å². The smallest absolute Gasteiger partial charge is 0.147 e. The van der Waals surface area contributed by atoms with Crippen LogP contribution in [-0.4, -0.2) is 23.1 Å². The Hall–Kier alpha value is -1.16. The van der Waals surface area contributed by atoms with E-state index in [1.165, 1.54) is 0 Å². The van der Waals surface area contributed by atoms with E-state index in [0.717, 1.165) is 11.5 Å². The molecule has 0 radical (unpaired) electrons. The summed E-state index contributed by atoms with van der Waals surface area (Å²) >= 11 is 0. The molecule has 0 spiro atoms. The van der Waals surface area contributed by atoms with E-state index >= 15 is 0 Å². The van der Waals surface area contributed by atoms with Crippen LogP contribution in [0.5, 0.6) is 0 Å². The molecule has 0 saturated heterocycles. The Morgan fingerprint density at radius 1 is 1.46 bits per heavy atom. The highest BCUT2D eigenvalue weighted by molar-refractivity contribution is 5.35. The molecule has 0 aliphatic rings. The highest BCUT2D eigenvalue weighted by Crippen LogP contribution is 2.09. The number of nitrogens with zero attached hydrogens (tertiary/aromatic N) is 3. The molecule has 4 heteroatoms. The van der Waals surface area contributed by atoms with E-state index in [0.29, 0.717) is 12.6 Å². The molecule has 0 aromatic carbocycles. The number of anilines is 1. The van der Waals surface area contributed by atoms with Crippen LogP contribution in [0.15, 0.2) is 12.4 Å². The van der Waals surface area contributed by atoms with E-state index in [1.807, 2.05) is 7.05 Å². The highest BCUT2D eigenvalue weighted by Gasteiger charge is 2.06. The van der Waals surface area contributed by atoms with Gasteiger partial charge in [0.15, 0.2) is 0 Å². The maximum Gasteiger partial charge on any atom is 0.147 e. The van der Waals surface area contributed by atoms with Crippen LogP contribution < -0.4 is 10.6 Å². The van der Waals surface area contributed by atoms with Crippen LogP contribution in [0.4, 0.5) is 5.82 Å². The lowest BCUT2D eigenvalue weighted by Crippen LogP contribution is -2.27. The monoisotopic (exact) mass is 180 g/mol. The van der Waals surface area contributed by atoms with Crippen LogP contribution in [-0.2, 0) is 6.54 Å². The first-order valence-corrected chi connectivity index (χ1v) is 4.39. The average Bonchev–Trinajstić information content (AvgIpc) is 2.16. The van der Waals surface area contributed by atoms with Crippen molar-refractivity contribution in [2.24, 2.45) is 5.73 Å². The summed E-state index contributed by atoms with van der Waals surface area (Å²) in [5, 5.41) is 0. The fourth-order valence-corrected chi connectivity index (χ4v) is 0.928. The van der Waals surface area contributed by atoms with Gasteiger partial charge >= 0.3 is 0 Å². The van der Waals surface area contributed by atoms with Gasteiger partial charge in [0, 0.05) is 25.8 Å². The molecule has 1 aromatic heterocycles. The molecule has 1 heterocycles. The number of hydrogen-bond acceptors (Lipinski definition) is 4. The summed E-state index contributed by atoms with van der Waals surface area (Å²) in [5.74, 6) is 0.873. The Morgan fingerprint density at radius 2 is 2.15 bits per heavy atom. The molecular weight excluding hydrogens is 164 g/mol. The number of hydrogen-bond donors (Lipinski definition) is 1. The van der Waals surface area contributed by atoms with Crippen LogP contribution in [0.2, 0.25) is 0 Å². The molecule has 0 saturated carbocycles. The van der Waals surface area contributed by atoms with Crippen molar-refractivity contribution in [2.75, 3.05) is 11.9 Å². The zero-order valence-corrected chi connectivity index (χ0v) is 8.36. The standard InChI is InChI=1S/C9H16N4/c1-7(2)13(3)9-6-11-5-8(4-10)12-9/h5-7H,4,10H2,1-3H3. The minimum absolute atomic E-state index is 0.419. The third kappa shape index (κ3) is 2.39. The topological polar surface area (TPSA) is 55.0 Å². The Bertz CT molecular complexity index is 272. The molecule has 0 fully saturated rings. The lowest BCUT2D eigenvalue weighted by molar-refractivity contribution is 0.736. The predicted octanol–water partition coefficient (Wildman–Crippen LogP) is 0.780. The Kier molecular flexibility index (Phi) is 3.19. The number of nitrogens with two attached hydrogens (primary N) is 1. The third-order valence-electron chi connectivity index (χ3n) is 2.02. The summed E-state index contributed by atoms with van der Waals surface area (Å²) in [7, 11) is 2.00. The second-order valence-electron chi connectivity index (χ2n) is 3.28. The second kappa shape index (κ2) is 4.18. The lowest BCUT2D eigenvalue weighted by Gasteiger charge is -2.22. The largest absolute Gasteiger partial charge is 0.356 e. The third-order valence-corrected chi connectivity index (χ3v) is 2.02. The van der Waals surface area contributed by atoms with Gasteiger partial charge in [-0.3, -0.25) is 4.98 Å². The van der Waals surface area contributed by atoms with Gasteiger partial charge in [-0.1, -0.05) is 0 Å². The summed E-state index contributed by atoms with van der Waals surface area (Å²) in [6.07, 6.45) is 3.44. The minimum atomic E-state index is 0.419. The molecule has 0 unspecified atom stereocenters. The van der Waals surface area contributed by atoms with Gasteiger partial charge in [-0.25, -0.2) is 4.98 Å². The maximum atomic E-state index is 5.47. The molecule has 2 N–H and O–H groups in total. The van der Waals surface area contributed by atoms with Crippen LogP contribution in [0.1, 0.15) is 19.5 Å². The van der Waals surface area contributed by atoms with Gasteiger partial charge in [0.05, 0.1) is 11.9 Å². The van der Waals surface area contributed by atoms with Crippen molar-refractivity contribution < 1.29 is 0 Å². The van der Waals surface area contributed by atoms with Gasteiger partial charge in [0.2, 0.25) is 0 Å². The Labute approximate surface area is 78.8 Å². The maximum absolute atomic E-state index is 5.47. The van der Waals surface area contributed by atoms with Crippen molar-refractivity contribution in [2.45, 2.75) is 26.4 Å². The first-order chi connectivity index (χ1) is 6.15. The summed E-state index contributed by atoms with van der Waals surface area (Å²) in [6.45, 7) is 4.65. The van der Waals surface area contributed by atoms with Gasteiger partial charge in [0.1, 0.15) is 5.82 Å². The van der Waals surface area contributed by atoms with Crippen molar-refractivity contribution in [3.05, 3.63) is 18.1 Å². The predicted molar refractivity (Wildman–Crippen MR) is 53.5 cm³/mol. The molecular formula is C9H16N4. The van der Waals surface area contributed by atoms with Crippen LogP contribution >= 0.6 is 0 Å². The molecule has 0 atom stereocenters. The van der Waals surface area contributed by atoms with Crippen LogP contribution in [0, 0.1) is 0 Å². The zero-order valence-electron chi connectivity index (χ0n) is 8.36. The summed E-state index contributed by atoms with van der Waals surface area (Å²) < 4.78 is 0. The zero-order chi connectivity index (χ0) is 9.84. The van der Waals surface area contributed by atoms with Crippen LogP contribution in [0.3, 0.4) is 0 Å². The van der Waals surface area contributed by atoms with E-state index < -0.39 is 0 Å². The van der Waals surface area contributed by atoms with Crippen LogP contribution in [0.25, 0.3) is 0 Å². The molecule has 0 aliphatic carbocycles. The van der Waals surface area contributed by atoms with E-state index in [4.69, 9.17) is 5.73 Å². The average molecular weight is 180 g/mol. The quantitative estimate of drug-likeness (QED) is 0.746. The second-order valence-corrected chi connectivity index (χ2v) is 3.28. The normalized spacial score (nSPS) is 10.5. The molecule has 1 aromatic rings. The summed E-state index contributed by atoms with van der Waals surface area (Å²) in [5.41, 5.74) is 6.30. The van der Waals surface area contributed by atoms with Crippen molar-refractivity contribution >= 4 is 5.82 Å². The van der Waals surface area contributed by atoms with Crippen molar-refractivity contribution in [1.82, 2.24) is 9.97 Å². The number of aromatic nitrogens is 2. The fraction of sp³-hybridized carbons (Fsp3) is 0.556. The number of rotatable bonds is 3. The van der Waals surface area contributed by atoms with Gasteiger partial charge in [0.25, 0.3) is 0 Å². The SMILES string of the molecule is CC(C)N(C)c1cncc(CN)n1. The van der Waals surface area contributed by atoms with Crippen molar-refractivity contribution in [1.29, 1.82) is 0 Å². The van der Waals surface area contributed by atoms with Gasteiger partial charge in [-0.2, -0.15) is 0 Å². The molecule has 72 valence electrons. The lowest BCUT2D eigenvalue weighted by atomic mass is 10.3. The van der Waals surface area contributed by atoms with E-state index in [2.05, 4.69) is 28.7 Å². The first kappa shape index (κ1) is 9.92. The molecule has 0 aliphatic heterocycles. The van der Waals surface area contributed by atoms with Crippen molar-refractivity contribution in [3.63, 3.8) is 0 Å². The fourth-order valence-electron chi connectivity index (χ4n) is 0.928. The van der Waals surface area contributed by atoms with Gasteiger partial charge < -0.3 is 10.6 Å². The van der Waals surface area contributed by atoms with Crippen molar-refractivity contribution in [3.8, 4) is 0 Å². The first-order valence-electron chi connectivity index (χ1n) is 4.39. The molecule has 4 nitrogen and oxygen atoms in total. The molecule has 0 bridgehead atoms. The molecule has 13 heavy (non-hydrogen) atoms. The van der Waals surface area contributed by atoms with Gasteiger partial charge in [-0.05, 0) is 13.8 Å². The summed E-state index contributed by atoms with van der Waals surface area (Å²) in [4.78, 5) is 10.5. The molecule has 0 amide bonds. The minimum Gasteiger partial charge on any atom is -0.356 e. The van der Waals surface area contributed by atoms with Gasteiger partial charge in [-0.15, -0.1) is 0 Å². The van der Waals surface area contributed by atoms with E-state index in [-0.39, 0.29) is 0 Å². The molecule has 1 rings (SSSR count). The Morgan fingerprint density at radius 3 is 2.69 bits per heavy atom. The summed E-state index contributed by atoms with van der Waals surface area (Å²) in [6, 6.07) is 0.419. The highest BCUT2D eigenvalue weighted by atomic mass is 15.2.